The van der Waals surface area contributed by atoms with Gasteiger partial charge in [-0.15, -0.1) is 11.3 Å². The van der Waals surface area contributed by atoms with E-state index in [0.29, 0.717) is 5.57 Å². The van der Waals surface area contributed by atoms with E-state index in [-0.39, 0.29) is 0 Å². The molecule has 0 radical (unpaired) electrons. The van der Waals surface area contributed by atoms with E-state index < -0.39 is 0 Å². The van der Waals surface area contributed by atoms with Crippen molar-refractivity contribution in [2.45, 2.75) is 0 Å². The van der Waals surface area contributed by atoms with Gasteiger partial charge in [0, 0.05) is 24.0 Å². The van der Waals surface area contributed by atoms with Crippen LogP contribution in [0.5, 0.6) is 0 Å². The highest BCUT2D eigenvalue weighted by Crippen LogP contribution is 2.18. The molecule has 0 aromatic carbocycles. The third-order valence-electron chi connectivity index (χ3n) is 1.80. The molecule has 0 aliphatic rings. The van der Waals surface area contributed by atoms with Crippen LogP contribution in [0.4, 0.5) is 0 Å². The van der Waals surface area contributed by atoms with Crippen molar-refractivity contribution in [2.75, 3.05) is 0 Å². The van der Waals surface area contributed by atoms with Crippen LogP contribution in [0, 0.1) is 11.3 Å². The Labute approximate surface area is 91.4 Å². The second kappa shape index (κ2) is 4.49. The third-order valence-corrected chi connectivity index (χ3v) is 2.61. The molecule has 2 aromatic rings. The Kier molecular flexibility index (Phi) is 2.86. The number of hydrogen-bond donors (Lipinski definition) is 0. The zero-order valence-electron chi connectivity index (χ0n) is 7.79. The topological polar surface area (TPSA) is 49.6 Å². The molecule has 0 unspecified atom stereocenters. The fraction of sp³-hybridized carbons (Fsp3) is 0. The van der Waals surface area contributed by atoms with E-state index in [0.717, 1.165) is 10.6 Å². The fourth-order valence-corrected chi connectivity index (χ4v) is 1.73. The molecular formula is C11H7N3S. The van der Waals surface area contributed by atoms with Crippen molar-refractivity contribution in [3.05, 3.63) is 46.7 Å². The lowest BCUT2D eigenvalue weighted by molar-refractivity contribution is 1.32. The summed E-state index contributed by atoms with van der Waals surface area (Å²) < 4.78 is 0. The summed E-state index contributed by atoms with van der Waals surface area (Å²) in [5, 5.41) is 11.6. The zero-order chi connectivity index (χ0) is 10.5. The van der Waals surface area contributed by atoms with E-state index in [1.807, 2.05) is 17.5 Å². The summed E-state index contributed by atoms with van der Waals surface area (Å²) in [5.74, 6) is 0. The minimum atomic E-state index is 0.580. The zero-order valence-corrected chi connectivity index (χ0v) is 8.61. The average Bonchev–Trinajstić information content (AvgIpc) is 2.81. The number of nitriles is 1. The SMILES string of the molecule is N#C/C(=C\c1ccncc1)c1nccs1. The maximum absolute atomic E-state index is 8.99. The van der Waals surface area contributed by atoms with Crippen molar-refractivity contribution in [1.29, 1.82) is 5.26 Å². The van der Waals surface area contributed by atoms with Gasteiger partial charge < -0.3 is 0 Å². The van der Waals surface area contributed by atoms with Crippen LogP contribution in [0.15, 0.2) is 36.1 Å². The Bertz CT molecular complexity index is 494. The van der Waals surface area contributed by atoms with Crippen LogP contribution in [-0.4, -0.2) is 9.97 Å². The number of aromatic nitrogens is 2. The molecule has 0 bridgehead atoms. The standard InChI is InChI=1S/C11H7N3S/c12-8-10(11-14-5-6-15-11)7-9-1-3-13-4-2-9/h1-7H/b10-7+. The molecule has 0 amide bonds. The van der Waals surface area contributed by atoms with Crippen LogP contribution in [-0.2, 0) is 0 Å². The predicted octanol–water partition coefficient (Wildman–Crippen LogP) is 2.60. The average molecular weight is 213 g/mol. The molecule has 15 heavy (non-hydrogen) atoms. The van der Waals surface area contributed by atoms with Crippen molar-refractivity contribution in [1.82, 2.24) is 9.97 Å². The van der Waals surface area contributed by atoms with Gasteiger partial charge in [-0.05, 0) is 23.8 Å². The first-order valence-corrected chi connectivity index (χ1v) is 5.20. The highest BCUT2D eigenvalue weighted by atomic mass is 32.1. The van der Waals surface area contributed by atoms with Crippen LogP contribution in [0.2, 0.25) is 0 Å². The largest absolute Gasteiger partial charge is 0.265 e. The second-order valence-electron chi connectivity index (χ2n) is 2.79. The van der Waals surface area contributed by atoms with Crippen LogP contribution in [0.25, 0.3) is 11.6 Å². The molecule has 0 saturated heterocycles. The second-order valence-corrected chi connectivity index (χ2v) is 3.68. The summed E-state index contributed by atoms with van der Waals surface area (Å²) >= 11 is 1.46. The van der Waals surface area contributed by atoms with Crippen LogP contribution >= 0.6 is 11.3 Å². The maximum Gasteiger partial charge on any atom is 0.133 e. The van der Waals surface area contributed by atoms with Gasteiger partial charge in [0.25, 0.3) is 0 Å². The van der Waals surface area contributed by atoms with Crippen LogP contribution < -0.4 is 0 Å². The molecule has 0 aliphatic heterocycles. The summed E-state index contributed by atoms with van der Waals surface area (Å²) in [6.07, 6.45) is 6.89. The van der Waals surface area contributed by atoms with Gasteiger partial charge in [-0.2, -0.15) is 5.26 Å². The Hall–Kier alpha value is -1.99. The first kappa shape index (κ1) is 9.56. The van der Waals surface area contributed by atoms with E-state index in [9.17, 15) is 0 Å². The Balaban J connectivity index is 2.37. The maximum atomic E-state index is 8.99. The molecule has 3 nitrogen and oxygen atoms in total. The van der Waals surface area contributed by atoms with Gasteiger partial charge in [-0.1, -0.05) is 0 Å². The smallest absolute Gasteiger partial charge is 0.133 e. The van der Waals surface area contributed by atoms with Gasteiger partial charge in [-0.25, -0.2) is 4.98 Å². The van der Waals surface area contributed by atoms with Gasteiger partial charge in [0.15, 0.2) is 0 Å². The molecule has 2 heterocycles. The molecule has 0 atom stereocenters. The Morgan fingerprint density at radius 3 is 2.73 bits per heavy atom. The van der Waals surface area contributed by atoms with E-state index in [1.54, 1.807) is 24.7 Å². The lowest BCUT2D eigenvalue weighted by Crippen LogP contribution is -1.80. The highest BCUT2D eigenvalue weighted by Gasteiger charge is 2.02. The lowest BCUT2D eigenvalue weighted by Gasteiger charge is -1.93. The monoisotopic (exact) mass is 213 g/mol. The van der Waals surface area contributed by atoms with E-state index >= 15 is 0 Å². The number of pyridine rings is 1. The van der Waals surface area contributed by atoms with E-state index in [4.69, 9.17) is 5.26 Å². The van der Waals surface area contributed by atoms with Crippen molar-refractivity contribution in [3.63, 3.8) is 0 Å². The fourth-order valence-electron chi connectivity index (χ4n) is 1.12. The molecule has 2 rings (SSSR count). The third kappa shape index (κ3) is 2.27. The van der Waals surface area contributed by atoms with Crippen LogP contribution in [0.3, 0.4) is 0 Å². The van der Waals surface area contributed by atoms with Gasteiger partial charge >= 0.3 is 0 Å². The minimum absolute atomic E-state index is 0.580. The summed E-state index contributed by atoms with van der Waals surface area (Å²) in [5.41, 5.74) is 1.54. The first-order valence-electron chi connectivity index (χ1n) is 4.32. The number of rotatable bonds is 2. The molecule has 0 N–H and O–H groups in total. The minimum Gasteiger partial charge on any atom is -0.265 e. The highest BCUT2D eigenvalue weighted by molar-refractivity contribution is 7.10. The van der Waals surface area contributed by atoms with Gasteiger partial charge in [0.2, 0.25) is 0 Å². The number of nitrogens with zero attached hydrogens (tertiary/aromatic N) is 3. The normalized spacial score (nSPS) is 11.0. The summed E-state index contributed by atoms with van der Waals surface area (Å²) in [4.78, 5) is 8.01. The van der Waals surface area contributed by atoms with Crippen molar-refractivity contribution in [2.24, 2.45) is 0 Å². The Morgan fingerprint density at radius 1 is 1.33 bits per heavy atom. The number of hydrogen-bond acceptors (Lipinski definition) is 4. The summed E-state index contributed by atoms with van der Waals surface area (Å²) in [6, 6.07) is 5.85. The molecule has 0 aliphatic carbocycles. The van der Waals surface area contributed by atoms with Gasteiger partial charge in [0.05, 0.1) is 5.57 Å². The lowest BCUT2D eigenvalue weighted by atomic mass is 10.2. The number of allylic oxidation sites excluding steroid dienone is 1. The Morgan fingerprint density at radius 2 is 2.13 bits per heavy atom. The van der Waals surface area contributed by atoms with Gasteiger partial charge in [0.1, 0.15) is 11.1 Å². The predicted molar refractivity (Wildman–Crippen MR) is 59.8 cm³/mol. The van der Waals surface area contributed by atoms with Crippen LogP contribution in [0.1, 0.15) is 10.6 Å². The molecule has 2 aromatic heterocycles. The van der Waals surface area contributed by atoms with Gasteiger partial charge in [-0.3, -0.25) is 4.98 Å². The molecule has 0 saturated carbocycles. The number of thiazole rings is 1. The van der Waals surface area contributed by atoms with E-state index in [2.05, 4.69) is 16.0 Å². The van der Waals surface area contributed by atoms with Crippen molar-refractivity contribution < 1.29 is 0 Å². The molecule has 72 valence electrons. The first-order chi connectivity index (χ1) is 7.40. The molecule has 4 heteroatoms. The molecule has 0 spiro atoms. The van der Waals surface area contributed by atoms with E-state index in [1.165, 1.54) is 11.3 Å². The molecular weight excluding hydrogens is 206 g/mol. The molecule has 0 fully saturated rings. The summed E-state index contributed by atoms with van der Waals surface area (Å²) in [7, 11) is 0. The van der Waals surface area contributed by atoms with Crippen molar-refractivity contribution in [3.8, 4) is 6.07 Å². The quantitative estimate of drug-likeness (QED) is 0.720. The van der Waals surface area contributed by atoms with Crippen molar-refractivity contribution >= 4 is 23.0 Å². The summed E-state index contributed by atoms with van der Waals surface area (Å²) in [6.45, 7) is 0.